The molecule has 0 atom stereocenters. The Hall–Kier alpha value is -1.33. The summed E-state index contributed by atoms with van der Waals surface area (Å²) in [5.41, 5.74) is 3.93. The highest BCUT2D eigenvalue weighted by atomic mass is 16.5. The topological polar surface area (TPSA) is 33.0 Å². The van der Waals surface area contributed by atoms with E-state index >= 15 is 0 Å². The molecule has 2 nitrogen and oxygen atoms in total. The highest BCUT2D eigenvalue weighted by Gasteiger charge is 2.35. The van der Waals surface area contributed by atoms with Gasteiger partial charge in [-0.15, -0.1) is 0 Å². The van der Waals surface area contributed by atoms with E-state index in [0.717, 1.165) is 12.8 Å². The number of aryl methyl sites for hydroxylation is 1. The Kier molecular flexibility index (Phi) is 4.04. The molecule has 0 bridgehead atoms. The Morgan fingerprint density at radius 1 is 1.28 bits per heavy atom. The maximum atomic E-state index is 9.12. The van der Waals surface area contributed by atoms with Crippen molar-refractivity contribution in [2.45, 2.75) is 51.0 Å². The molecule has 0 amide bonds. The third-order valence-corrected chi connectivity index (χ3v) is 4.04. The Balaban J connectivity index is 2.38. The molecule has 0 heterocycles. The molecule has 0 unspecified atom stereocenters. The number of methoxy groups -OCH3 is 1. The van der Waals surface area contributed by atoms with Crippen molar-refractivity contribution in [3.8, 4) is 6.07 Å². The molecule has 2 rings (SSSR count). The van der Waals surface area contributed by atoms with E-state index in [9.17, 15) is 0 Å². The standard InChI is InChI=1S/C16H21NO/c1-13-9-14(12-18-2)11-15(10-13)16(7-8-17)5-3-4-6-16/h9-11H,3-7,12H2,1-2H3. The van der Waals surface area contributed by atoms with Crippen LogP contribution in [0.25, 0.3) is 0 Å². The molecule has 1 aromatic rings. The number of hydrogen-bond acceptors (Lipinski definition) is 2. The van der Waals surface area contributed by atoms with Gasteiger partial charge in [0.15, 0.2) is 0 Å². The van der Waals surface area contributed by atoms with Gasteiger partial charge in [0.05, 0.1) is 12.7 Å². The van der Waals surface area contributed by atoms with E-state index in [0.29, 0.717) is 13.0 Å². The average Bonchev–Trinajstić information content (AvgIpc) is 2.79. The molecule has 1 fully saturated rings. The number of ether oxygens (including phenoxy) is 1. The van der Waals surface area contributed by atoms with Gasteiger partial charge in [0, 0.05) is 18.9 Å². The van der Waals surface area contributed by atoms with Crippen LogP contribution in [0.5, 0.6) is 0 Å². The summed E-state index contributed by atoms with van der Waals surface area (Å²) >= 11 is 0. The minimum absolute atomic E-state index is 0.100. The summed E-state index contributed by atoms with van der Waals surface area (Å²) in [6.07, 6.45) is 5.43. The van der Waals surface area contributed by atoms with Crippen LogP contribution < -0.4 is 0 Å². The largest absolute Gasteiger partial charge is 0.380 e. The monoisotopic (exact) mass is 243 g/mol. The number of hydrogen-bond donors (Lipinski definition) is 0. The first-order chi connectivity index (χ1) is 8.70. The fourth-order valence-corrected chi connectivity index (χ4v) is 3.19. The van der Waals surface area contributed by atoms with Gasteiger partial charge in [0.25, 0.3) is 0 Å². The summed E-state index contributed by atoms with van der Waals surface area (Å²) in [6.45, 7) is 2.77. The van der Waals surface area contributed by atoms with E-state index in [4.69, 9.17) is 10.00 Å². The van der Waals surface area contributed by atoms with Crippen molar-refractivity contribution >= 4 is 0 Å². The molecule has 0 radical (unpaired) electrons. The fraction of sp³-hybridized carbons (Fsp3) is 0.562. The van der Waals surface area contributed by atoms with Gasteiger partial charge < -0.3 is 4.74 Å². The first-order valence-corrected chi connectivity index (χ1v) is 6.67. The van der Waals surface area contributed by atoms with Crippen LogP contribution in [0.3, 0.4) is 0 Å². The van der Waals surface area contributed by atoms with Crippen LogP contribution in [0.4, 0.5) is 0 Å². The third kappa shape index (κ3) is 2.57. The van der Waals surface area contributed by atoms with Gasteiger partial charge in [-0.2, -0.15) is 5.26 Å². The van der Waals surface area contributed by atoms with E-state index in [-0.39, 0.29) is 5.41 Å². The van der Waals surface area contributed by atoms with Crippen LogP contribution in [-0.4, -0.2) is 7.11 Å². The quantitative estimate of drug-likeness (QED) is 0.804. The minimum Gasteiger partial charge on any atom is -0.380 e. The molecule has 1 aliphatic rings. The molecule has 1 aromatic carbocycles. The zero-order valence-corrected chi connectivity index (χ0v) is 11.3. The Morgan fingerprint density at radius 3 is 2.61 bits per heavy atom. The predicted octanol–water partition coefficient (Wildman–Crippen LogP) is 3.87. The summed E-state index contributed by atoms with van der Waals surface area (Å²) in [7, 11) is 1.72. The lowest BCUT2D eigenvalue weighted by Crippen LogP contribution is -2.21. The highest BCUT2D eigenvalue weighted by Crippen LogP contribution is 2.44. The van der Waals surface area contributed by atoms with E-state index in [1.165, 1.54) is 29.5 Å². The van der Waals surface area contributed by atoms with Crippen LogP contribution in [-0.2, 0) is 16.8 Å². The molecule has 0 spiro atoms. The van der Waals surface area contributed by atoms with Crippen molar-refractivity contribution in [2.75, 3.05) is 7.11 Å². The summed E-state index contributed by atoms with van der Waals surface area (Å²) in [5.74, 6) is 0. The van der Waals surface area contributed by atoms with Crippen molar-refractivity contribution in [3.63, 3.8) is 0 Å². The lowest BCUT2D eigenvalue weighted by molar-refractivity contribution is 0.184. The van der Waals surface area contributed by atoms with Crippen LogP contribution in [0.15, 0.2) is 18.2 Å². The normalized spacial score (nSPS) is 17.6. The fourth-order valence-electron chi connectivity index (χ4n) is 3.19. The maximum absolute atomic E-state index is 9.12. The highest BCUT2D eigenvalue weighted by molar-refractivity contribution is 5.36. The van der Waals surface area contributed by atoms with Gasteiger partial charge in [0.2, 0.25) is 0 Å². The summed E-state index contributed by atoms with van der Waals surface area (Å²) < 4.78 is 5.23. The maximum Gasteiger partial charge on any atom is 0.0713 e. The van der Waals surface area contributed by atoms with Crippen molar-refractivity contribution in [1.29, 1.82) is 5.26 Å². The first kappa shape index (κ1) is 13.1. The molecule has 1 saturated carbocycles. The molecule has 0 saturated heterocycles. The van der Waals surface area contributed by atoms with Gasteiger partial charge in [-0.05, 0) is 30.9 Å². The summed E-state index contributed by atoms with van der Waals surface area (Å²) in [5, 5.41) is 9.12. The Morgan fingerprint density at radius 2 is 2.00 bits per heavy atom. The Bertz CT molecular complexity index is 453. The molecule has 1 aliphatic carbocycles. The molecule has 96 valence electrons. The van der Waals surface area contributed by atoms with Gasteiger partial charge >= 0.3 is 0 Å². The Labute approximate surface area is 110 Å². The smallest absolute Gasteiger partial charge is 0.0713 e. The van der Waals surface area contributed by atoms with Gasteiger partial charge in [0.1, 0.15) is 0 Å². The predicted molar refractivity (Wildman–Crippen MR) is 72.3 cm³/mol. The summed E-state index contributed by atoms with van der Waals surface area (Å²) in [4.78, 5) is 0. The number of rotatable bonds is 4. The number of nitrogens with zero attached hydrogens (tertiary/aromatic N) is 1. The van der Waals surface area contributed by atoms with E-state index in [2.05, 4.69) is 31.2 Å². The second-order valence-corrected chi connectivity index (χ2v) is 5.46. The van der Waals surface area contributed by atoms with Gasteiger partial charge in [-0.25, -0.2) is 0 Å². The van der Waals surface area contributed by atoms with Crippen LogP contribution in [0.1, 0.15) is 48.8 Å². The number of benzene rings is 1. The average molecular weight is 243 g/mol. The van der Waals surface area contributed by atoms with Gasteiger partial charge in [-0.1, -0.05) is 36.6 Å². The zero-order chi connectivity index (χ0) is 13.0. The molecule has 0 aromatic heterocycles. The second kappa shape index (κ2) is 5.54. The van der Waals surface area contributed by atoms with Crippen molar-refractivity contribution in [2.24, 2.45) is 0 Å². The molecule has 18 heavy (non-hydrogen) atoms. The molecular weight excluding hydrogens is 222 g/mol. The van der Waals surface area contributed by atoms with Crippen LogP contribution in [0, 0.1) is 18.3 Å². The van der Waals surface area contributed by atoms with Crippen molar-refractivity contribution in [1.82, 2.24) is 0 Å². The molecule has 0 N–H and O–H groups in total. The van der Waals surface area contributed by atoms with E-state index < -0.39 is 0 Å². The SMILES string of the molecule is COCc1cc(C)cc(C2(CC#N)CCCC2)c1. The number of nitriles is 1. The van der Waals surface area contributed by atoms with Crippen LogP contribution >= 0.6 is 0 Å². The second-order valence-electron chi connectivity index (χ2n) is 5.46. The lowest BCUT2D eigenvalue weighted by atomic mass is 9.75. The zero-order valence-electron chi connectivity index (χ0n) is 11.3. The third-order valence-electron chi connectivity index (χ3n) is 4.04. The van der Waals surface area contributed by atoms with E-state index in [1.54, 1.807) is 7.11 Å². The summed E-state index contributed by atoms with van der Waals surface area (Å²) in [6, 6.07) is 9.04. The van der Waals surface area contributed by atoms with Crippen LogP contribution in [0.2, 0.25) is 0 Å². The first-order valence-electron chi connectivity index (χ1n) is 6.67. The van der Waals surface area contributed by atoms with Crippen molar-refractivity contribution < 1.29 is 4.74 Å². The van der Waals surface area contributed by atoms with E-state index in [1.807, 2.05) is 0 Å². The molecule has 0 aliphatic heterocycles. The molecular formula is C16H21NO. The lowest BCUT2D eigenvalue weighted by Gasteiger charge is -2.27. The molecule has 2 heteroatoms. The van der Waals surface area contributed by atoms with Gasteiger partial charge in [-0.3, -0.25) is 0 Å². The van der Waals surface area contributed by atoms with Crippen molar-refractivity contribution in [3.05, 3.63) is 34.9 Å². The minimum atomic E-state index is 0.100.